The molecule has 100 valence electrons. The molecule has 1 aromatic rings. The summed E-state index contributed by atoms with van der Waals surface area (Å²) in [5, 5.41) is 12.4. The zero-order chi connectivity index (χ0) is 13.0. The molecule has 1 fully saturated rings. The Hall–Kier alpha value is -1.43. The number of hydrogen-bond acceptors (Lipinski definition) is 5. The first kappa shape index (κ1) is 13.0. The normalized spacial score (nSPS) is 20.4. The molecule has 18 heavy (non-hydrogen) atoms. The van der Waals surface area contributed by atoms with Crippen LogP contribution in [0.1, 0.15) is 31.5 Å². The highest BCUT2D eigenvalue weighted by Gasteiger charge is 2.23. The maximum atomic E-state index is 10.4. The third kappa shape index (κ3) is 3.53. The van der Waals surface area contributed by atoms with Crippen molar-refractivity contribution < 1.29 is 14.4 Å². The van der Waals surface area contributed by atoms with Gasteiger partial charge in [-0.3, -0.25) is 4.79 Å². The van der Waals surface area contributed by atoms with E-state index in [9.17, 15) is 4.79 Å². The van der Waals surface area contributed by atoms with Gasteiger partial charge in [0.05, 0.1) is 6.42 Å². The minimum absolute atomic E-state index is 0.0476. The molecule has 0 amide bonds. The van der Waals surface area contributed by atoms with Gasteiger partial charge in [-0.15, -0.1) is 0 Å². The summed E-state index contributed by atoms with van der Waals surface area (Å²) >= 11 is 0. The molecule has 1 unspecified atom stereocenters. The highest BCUT2D eigenvalue weighted by atomic mass is 16.5. The van der Waals surface area contributed by atoms with E-state index in [4.69, 9.17) is 9.63 Å². The third-order valence-corrected chi connectivity index (χ3v) is 3.35. The molecule has 0 bridgehead atoms. The molecule has 1 atom stereocenters. The Labute approximate surface area is 106 Å². The third-order valence-electron chi connectivity index (χ3n) is 3.35. The molecule has 6 heteroatoms. The summed E-state index contributed by atoms with van der Waals surface area (Å²) in [5.41, 5.74) is 0. The molecule has 0 aliphatic carbocycles. The Bertz CT molecular complexity index is 405. The smallest absolute Gasteiger partial charge is 0.303 e. The summed E-state index contributed by atoms with van der Waals surface area (Å²) in [6, 6.07) is 0. The van der Waals surface area contributed by atoms with Crippen molar-refractivity contribution in [2.24, 2.45) is 5.92 Å². The van der Waals surface area contributed by atoms with Crippen molar-refractivity contribution in [3.63, 3.8) is 0 Å². The molecule has 0 radical (unpaired) electrons. The first-order chi connectivity index (χ1) is 8.67. The molecule has 1 aliphatic rings. The number of carboxylic acids is 1. The molecule has 1 saturated heterocycles. The van der Waals surface area contributed by atoms with Crippen LogP contribution in [0.2, 0.25) is 0 Å². The van der Waals surface area contributed by atoms with Gasteiger partial charge < -0.3 is 14.5 Å². The lowest BCUT2D eigenvalue weighted by Crippen LogP contribution is -2.20. The van der Waals surface area contributed by atoms with E-state index in [2.05, 4.69) is 22.0 Å². The average molecular weight is 253 g/mol. The van der Waals surface area contributed by atoms with Crippen molar-refractivity contribution in [3.8, 4) is 0 Å². The number of likely N-dealkylation sites (tertiary alicyclic amines) is 1. The van der Waals surface area contributed by atoms with Crippen LogP contribution in [0.5, 0.6) is 0 Å². The number of aliphatic carboxylic acids is 1. The van der Waals surface area contributed by atoms with E-state index < -0.39 is 5.97 Å². The molecular formula is C12H19N3O3. The van der Waals surface area contributed by atoms with Gasteiger partial charge in [-0.05, 0) is 25.4 Å². The summed E-state index contributed by atoms with van der Waals surface area (Å²) in [7, 11) is 0. The van der Waals surface area contributed by atoms with Gasteiger partial charge in [0.15, 0.2) is 5.82 Å². The monoisotopic (exact) mass is 253 g/mol. The van der Waals surface area contributed by atoms with Crippen molar-refractivity contribution >= 4 is 5.97 Å². The van der Waals surface area contributed by atoms with E-state index >= 15 is 0 Å². The van der Waals surface area contributed by atoms with Crippen molar-refractivity contribution in [2.75, 3.05) is 19.6 Å². The summed E-state index contributed by atoms with van der Waals surface area (Å²) < 4.78 is 5.16. The van der Waals surface area contributed by atoms with Gasteiger partial charge in [0.1, 0.15) is 0 Å². The predicted octanol–water partition coefficient (Wildman–Crippen LogP) is 0.971. The molecule has 2 rings (SSSR count). The van der Waals surface area contributed by atoms with Gasteiger partial charge in [-0.1, -0.05) is 12.1 Å². The lowest BCUT2D eigenvalue weighted by molar-refractivity contribution is -0.137. The average Bonchev–Trinajstić information content (AvgIpc) is 2.96. The van der Waals surface area contributed by atoms with Crippen LogP contribution >= 0.6 is 0 Å². The lowest BCUT2D eigenvalue weighted by atomic mass is 10.1. The largest absolute Gasteiger partial charge is 0.481 e. The van der Waals surface area contributed by atoms with Crippen molar-refractivity contribution in [3.05, 3.63) is 11.7 Å². The second-order valence-electron chi connectivity index (χ2n) is 4.75. The SMILES string of the molecule is CCN1CCC(Cc2nc(CCC(=O)O)no2)C1. The Balaban J connectivity index is 1.81. The number of aryl methyl sites for hydroxylation is 1. The van der Waals surface area contributed by atoms with Crippen LogP contribution in [0.15, 0.2) is 4.52 Å². The summed E-state index contributed by atoms with van der Waals surface area (Å²) in [5.74, 6) is 0.879. The summed E-state index contributed by atoms with van der Waals surface area (Å²) in [4.78, 5) is 17.1. The topological polar surface area (TPSA) is 79.5 Å². The van der Waals surface area contributed by atoms with Crippen LogP contribution < -0.4 is 0 Å². The quantitative estimate of drug-likeness (QED) is 0.813. The van der Waals surface area contributed by atoms with Gasteiger partial charge in [0.2, 0.25) is 5.89 Å². The standard InChI is InChI=1S/C12H19N3O3/c1-2-15-6-5-9(8-15)7-11-13-10(14-18-11)3-4-12(16)17/h9H,2-8H2,1H3,(H,16,17). The van der Waals surface area contributed by atoms with E-state index in [1.165, 1.54) is 6.42 Å². The van der Waals surface area contributed by atoms with E-state index in [1.54, 1.807) is 0 Å². The van der Waals surface area contributed by atoms with E-state index in [0.29, 0.717) is 24.1 Å². The van der Waals surface area contributed by atoms with Gasteiger partial charge in [0.25, 0.3) is 0 Å². The van der Waals surface area contributed by atoms with Crippen LogP contribution in [0, 0.1) is 5.92 Å². The zero-order valence-corrected chi connectivity index (χ0v) is 10.6. The van der Waals surface area contributed by atoms with Gasteiger partial charge in [-0.25, -0.2) is 0 Å². The van der Waals surface area contributed by atoms with E-state index in [1.807, 2.05) is 0 Å². The van der Waals surface area contributed by atoms with Crippen LogP contribution in [-0.2, 0) is 17.6 Å². The van der Waals surface area contributed by atoms with Crippen molar-refractivity contribution in [1.29, 1.82) is 0 Å². The van der Waals surface area contributed by atoms with Gasteiger partial charge >= 0.3 is 5.97 Å². The fourth-order valence-electron chi connectivity index (χ4n) is 2.31. The van der Waals surface area contributed by atoms with E-state index in [-0.39, 0.29) is 6.42 Å². The van der Waals surface area contributed by atoms with Crippen LogP contribution in [0.25, 0.3) is 0 Å². The number of carbonyl (C=O) groups is 1. The number of hydrogen-bond donors (Lipinski definition) is 1. The Morgan fingerprint density at radius 2 is 2.44 bits per heavy atom. The number of aromatic nitrogens is 2. The first-order valence-corrected chi connectivity index (χ1v) is 6.43. The minimum Gasteiger partial charge on any atom is -0.481 e. The van der Waals surface area contributed by atoms with Crippen LogP contribution in [0.3, 0.4) is 0 Å². The van der Waals surface area contributed by atoms with Gasteiger partial charge in [-0.2, -0.15) is 4.98 Å². The summed E-state index contributed by atoms with van der Waals surface area (Å²) in [6.07, 6.45) is 2.36. The molecule has 0 saturated carbocycles. The second-order valence-corrected chi connectivity index (χ2v) is 4.75. The Morgan fingerprint density at radius 3 is 3.11 bits per heavy atom. The van der Waals surface area contributed by atoms with Crippen LogP contribution in [-0.4, -0.2) is 45.8 Å². The second kappa shape index (κ2) is 5.95. The van der Waals surface area contributed by atoms with Crippen molar-refractivity contribution in [1.82, 2.24) is 15.0 Å². The maximum absolute atomic E-state index is 10.4. The highest BCUT2D eigenvalue weighted by Crippen LogP contribution is 2.19. The molecule has 1 N–H and O–H groups in total. The number of nitrogens with zero attached hydrogens (tertiary/aromatic N) is 3. The first-order valence-electron chi connectivity index (χ1n) is 6.43. The molecule has 0 aromatic carbocycles. The summed E-state index contributed by atoms with van der Waals surface area (Å²) in [6.45, 7) is 5.48. The highest BCUT2D eigenvalue weighted by molar-refractivity contribution is 5.66. The van der Waals surface area contributed by atoms with Gasteiger partial charge in [0, 0.05) is 19.4 Å². The zero-order valence-electron chi connectivity index (χ0n) is 10.6. The lowest BCUT2D eigenvalue weighted by Gasteiger charge is -2.11. The molecule has 0 spiro atoms. The Morgan fingerprint density at radius 1 is 1.61 bits per heavy atom. The molecule has 2 heterocycles. The fourth-order valence-corrected chi connectivity index (χ4v) is 2.31. The number of rotatable bonds is 6. The molecule has 1 aliphatic heterocycles. The Kier molecular flexibility index (Phi) is 4.30. The van der Waals surface area contributed by atoms with Crippen LogP contribution in [0.4, 0.5) is 0 Å². The molecule has 1 aromatic heterocycles. The number of carboxylic acid groups (broad SMARTS) is 1. The fraction of sp³-hybridized carbons (Fsp3) is 0.750. The minimum atomic E-state index is -0.837. The maximum Gasteiger partial charge on any atom is 0.303 e. The van der Waals surface area contributed by atoms with Crippen molar-refractivity contribution in [2.45, 2.75) is 32.6 Å². The van der Waals surface area contributed by atoms with E-state index in [0.717, 1.165) is 26.1 Å². The molecule has 6 nitrogen and oxygen atoms in total. The molecular weight excluding hydrogens is 234 g/mol. The predicted molar refractivity (Wildman–Crippen MR) is 64.2 cm³/mol.